The lowest BCUT2D eigenvalue weighted by atomic mass is 9.82. The van der Waals surface area contributed by atoms with Crippen LogP contribution in [-0.4, -0.2) is 47.9 Å². The van der Waals surface area contributed by atoms with Crippen LogP contribution in [-0.2, 0) is 11.3 Å². The average molecular weight is 294 g/mol. The van der Waals surface area contributed by atoms with E-state index in [0.717, 1.165) is 37.6 Å². The normalized spacial score (nSPS) is 21.0. The van der Waals surface area contributed by atoms with Gasteiger partial charge < -0.3 is 20.1 Å². The smallest absolute Gasteiger partial charge is 0.158 e. The first kappa shape index (κ1) is 16.0. The van der Waals surface area contributed by atoms with Gasteiger partial charge in [-0.1, -0.05) is 0 Å². The maximum absolute atomic E-state index is 9.39. The van der Waals surface area contributed by atoms with Crippen molar-refractivity contribution >= 4 is 11.6 Å². The molecule has 0 aliphatic heterocycles. The molecule has 0 saturated heterocycles. The molecular weight excluding hydrogens is 268 g/mol. The zero-order valence-electron chi connectivity index (χ0n) is 13.2. The van der Waals surface area contributed by atoms with Crippen molar-refractivity contribution in [2.45, 2.75) is 39.4 Å². The van der Waals surface area contributed by atoms with E-state index in [-0.39, 0.29) is 6.10 Å². The van der Waals surface area contributed by atoms with Crippen LogP contribution in [0.3, 0.4) is 0 Å². The van der Waals surface area contributed by atoms with E-state index in [0.29, 0.717) is 25.0 Å². The monoisotopic (exact) mass is 294 g/mol. The van der Waals surface area contributed by atoms with Crippen molar-refractivity contribution in [3.63, 3.8) is 0 Å². The summed E-state index contributed by atoms with van der Waals surface area (Å²) in [4.78, 5) is 11.2. The van der Waals surface area contributed by atoms with Gasteiger partial charge in [-0.2, -0.15) is 0 Å². The van der Waals surface area contributed by atoms with E-state index in [1.807, 2.05) is 27.0 Å². The third-order valence-corrected chi connectivity index (χ3v) is 3.69. The van der Waals surface area contributed by atoms with Gasteiger partial charge >= 0.3 is 0 Å². The Kier molecular flexibility index (Phi) is 5.76. The van der Waals surface area contributed by atoms with Crippen molar-refractivity contribution in [3.05, 3.63) is 11.9 Å². The fourth-order valence-electron chi connectivity index (χ4n) is 2.54. The van der Waals surface area contributed by atoms with Crippen molar-refractivity contribution in [1.82, 2.24) is 9.97 Å². The maximum atomic E-state index is 9.39. The molecule has 0 atom stereocenters. The molecule has 0 spiro atoms. The second-order valence-corrected chi connectivity index (χ2v) is 5.57. The molecule has 2 rings (SSSR count). The zero-order chi connectivity index (χ0) is 15.2. The summed E-state index contributed by atoms with van der Waals surface area (Å²) in [7, 11) is 2.03. The van der Waals surface area contributed by atoms with E-state index in [2.05, 4.69) is 20.2 Å². The van der Waals surface area contributed by atoms with Crippen molar-refractivity contribution < 1.29 is 9.84 Å². The molecule has 2 N–H and O–H groups in total. The van der Waals surface area contributed by atoms with Gasteiger partial charge in [-0.25, -0.2) is 9.97 Å². The Morgan fingerprint density at radius 3 is 2.76 bits per heavy atom. The SMILES string of the molecule is CCNc1cc(N(C)CC2CC(O)C2)nc(COCC)n1. The average Bonchev–Trinajstić information content (AvgIpc) is 2.43. The van der Waals surface area contributed by atoms with Crippen molar-refractivity contribution in [2.75, 3.05) is 37.0 Å². The van der Waals surface area contributed by atoms with Crippen molar-refractivity contribution in [1.29, 1.82) is 0 Å². The number of hydrogen-bond acceptors (Lipinski definition) is 6. The minimum Gasteiger partial charge on any atom is -0.393 e. The van der Waals surface area contributed by atoms with Gasteiger partial charge in [-0.3, -0.25) is 0 Å². The number of aliphatic hydroxyl groups is 1. The summed E-state index contributed by atoms with van der Waals surface area (Å²) in [5.41, 5.74) is 0. The Hall–Kier alpha value is -1.40. The van der Waals surface area contributed by atoms with Crippen LogP contribution in [0.5, 0.6) is 0 Å². The third kappa shape index (κ3) is 4.54. The van der Waals surface area contributed by atoms with E-state index in [1.165, 1.54) is 0 Å². The van der Waals surface area contributed by atoms with Crippen LogP contribution in [0.25, 0.3) is 0 Å². The maximum Gasteiger partial charge on any atom is 0.158 e. The highest BCUT2D eigenvalue weighted by Gasteiger charge is 2.28. The van der Waals surface area contributed by atoms with E-state index >= 15 is 0 Å². The number of hydrogen-bond donors (Lipinski definition) is 2. The Bertz CT molecular complexity index is 449. The molecule has 1 heterocycles. The minimum absolute atomic E-state index is 0.111. The van der Waals surface area contributed by atoms with Crippen LogP contribution >= 0.6 is 0 Å². The number of anilines is 2. The summed E-state index contributed by atoms with van der Waals surface area (Å²) < 4.78 is 5.41. The molecular formula is C15H26N4O2. The number of rotatable bonds is 8. The lowest BCUT2D eigenvalue weighted by molar-refractivity contribution is 0.0464. The predicted molar refractivity (Wildman–Crippen MR) is 83.5 cm³/mol. The zero-order valence-corrected chi connectivity index (χ0v) is 13.2. The molecule has 6 nitrogen and oxygen atoms in total. The molecule has 118 valence electrons. The molecule has 6 heteroatoms. The van der Waals surface area contributed by atoms with Crippen molar-refractivity contribution in [2.24, 2.45) is 5.92 Å². The van der Waals surface area contributed by atoms with E-state index in [4.69, 9.17) is 4.74 Å². The van der Waals surface area contributed by atoms with Gasteiger partial charge in [0.25, 0.3) is 0 Å². The van der Waals surface area contributed by atoms with Gasteiger partial charge in [0.15, 0.2) is 5.82 Å². The molecule has 0 amide bonds. The Balaban J connectivity index is 2.06. The Morgan fingerprint density at radius 2 is 2.14 bits per heavy atom. The summed E-state index contributed by atoms with van der Waals surface area (Å²) in [5.74, 6) is 2.98. The lowest BCUT2D eigenvalue weighted by Crippen LogP contribution is -2.37. The minimum atomic E-state index is -0.111. The molecule has 1 saturated carbocycles. The number of nitrogens with zero attached hydrogens (tertiary/aromatic N) is 3. The highest BCUT2D eigenvalue weighted by Crippen LogP contribution is 2.29. The van der Waals surface area contributed by atoms with Crippen molar-refractivity contribution in [3.8, 4) is 0 Å². The van der Waals surface area contributed by atoms with Crippen LogP contribution in [0.2, 0.25) is 0 Å². The lowest BCUT2D eigenvalue weighted by Gasteiger charge is -2.34. The van der Waals surface area contributed by atoms with Gasteiger partial charge in [-0.05, 0) is 32.6 Å². The van der Waals surface area contributed by atoms with Gasteiger partial charge in [0.05, 0.1) is 6.10 Å². The fourth-order valence-corrected chi connectivity index (χ4v) is 2.54. The molecule has 1 aromatic rings. The third-order valence-electron chi connectivity index (χ3n) is 3.69. The number of aliphatic hydroxyl groups excluding tert-OH is 1. The van der Waals surface area contributed by atoms with Crippen LogP contribution in [0, 0.1) is 5.92 Å². The molecule has 1 aliphatic carbocycles. The van der Waals surface area contributed by atoms with Crippen LogP contribution in [0.15, 0.2) is 6.07 Å². The first-order valence-corrected chi connectivity index (χ1v) is 7.71. The largest absolute Gasteiger partial charge is 0.393 e. The highest BCUT2D eigenvalue weighted by molar-refractivity contribution is 5.49. The molecule has 0 aromatic carbocycles. The van der Waals surface area contributed by atoms with Crippen LogP contribution < -0.4 is 10.2 Å². The molecule has 1 aromatic heterocycles. The second-order valence-electron chi connectivity index (χ2n) is 5.57. The molecule has 0 radical (unpaired) electrons. The summed E-state index contributed by atoms with van der Waals surface area (Å²) in [5, 5.41) is 12.6. The summed E-state index contributed by atoms with van der Waals surface area (Å²) in [6.07, 6.45) is 1.67. The van der Waals surface area contributed by atoms with E-state index in [9.17, 15) is 5.11 Å². The first-order valence-electron chi connectivity index (χ1n) is 7.71. The standard InChI is InChI=1S/C15H26N4O2/c1-4-16-13-8-15(18-14(17-13)10-21-5-2)19(3)9-11-6-12(20)7-11/h8,11-12,20H,4-7,9-10H2,1-3H3,(H,16,17,18). The van der Waals surface area contributed by atoms with E-state index < -0.39 is 0 Å². The van der Waals surface area contributed by atoms with Gasteiger partial charge in [0.2, 0.25) is 0 Å². The number of nitrogens with one attached hydrogen (secondary N) is 1. The van der Waals surface area contributed by atoms with Crippen LogP contribution in [0.4, 0.5) is 11.6 Å². The number of aromatic nitrogens is 2. The second kappa shape index (κ2) is 7.56. The molecule has 21 heavy (non-hydrogen) atoms. The highest BCUT2D eigenvalue weighted by atomic mass is 16.5. The molecule has 0 unspecified atom stereocenters. The fraction of sp³-hybridized carbons (Fsp3) is 0.733. The summed E-state index contributed by atoms with van der Waals surface area (Å²) in [6, 6.07) is 1.97. The topological polar surface area (TPSA) is 70.5 Å². The Labute approximate surface area is 126 Å². The van der Waals surface area contributed by atoms with Gasteiger partial charge in [-0.15, -0.1) is 0 Å². The van der Waals surface area contributed by atoms with Gasteiger partial charge in [0.1, 0.15) is 18.2 Å². The predicted octanol–water partition coefficient (Wildman–Crippen LogP) is 1.65. The van der Waals surface area contributed by atoms with Gasteiger partial charge in [0, 0.05) is 32.8 Å². The summed E-state index contributed by atoms with van der Waals surface area (Å²) in [6.45, 7) is 6.82. The molecule has 1 aliphatic rings. The Morgan fingerprint density at radius 1 is 1.38 bits per heavy atom. The number of ether oxygens (including phenoxy) is 1. The summed E-state index contributed by atoms with van der Waals surface area (Å²) >= 11 is 0. The molecule has 1 fully saturated rings. The molecule has 0 bridgehead atoms. The first-order chi connectivity index (χ1) is 10.1. The van der Waals surface area contributed by atoms with E-state index in [1.54, 1.807) is 0 Å². The van der Waals surface area contributed by atoms with Crippen LogP contribution in [0.1, 0.15) is 32.5 Å². The quantitative estimate of drug-likeness (QED) is 0.760.